The molecule has 0 saturated heterocycles. The van der Waals surface area contributed by atoms with Crippen LogP contribution >= 0.6 is 0 Å². The molecule has 1 N–H and O–H groups in total. The average molecular weight is 188 g/mol. The lowest BCUT2D eigenvalue weighted by atomic mass is 9.93. The van der Waals surface area contributed by atoms with E-state index in [9.17, 15) is 5.11 Å². The van der Waals surface area contributed by atoms with Crippen LogP contribution in [0.4, 0.5) is 0 Å². The summed E-state index contributed by atoms with van der Waals surface area (Å²) in [5, 5.41) is 9.80. The Kier molecular flexibility index (Phi) is 2.58. The van der Waals surface area contributed by atoms with Crippen molar-refractivity contribution < 1.29 is 5.11 Å². The molecule has 0 amide bonds. The highest BCUT2D eigenvalue weighted by Crippen LogP contribution is 2.32. The van der Waals surface area contributed by atoms with E-state index in [1.165, 1.54) is 18.4 Å². The van der Waals surface area contributed by atoms with Crippen LogP contribution in [0.5, 0.6) is 5.75 Å². The number of phenols is 1. The molecule has 1 aromatic rings. The third kappa shape index (κ3) is 1.82. The Morgan fingerprint density at radius 3 is 2.71 bits per heavy atom. The molecule has 1 aliphatic rings. The van der Waals surface area contributed by atoms with E-state index in [4.69, 9.17) is 0 Å². The van der Waals surface area contributed by atoms with Gasteiger partial charge in [0.25, 0.3) is 0 Å². The molecule has 1 nitrogen and oxygen atoms in total. The molecule has 0 atom stereocenters. The van der Waals surface area contributed by atoms with E-state index in [0.717, 1.165) is 24.0 Å². The van der Waals surface area contributed by atoms with Gasteiger partial charge < -0.3 is 5.11 Å². The van der Waals surface area contributed by atoms with Crippen molar-refractivity contribution in [1.29, 1.82) is 0 Å². The highest BCUT2D eigenvalue weighted by molar-refractivity contribution is 5.71. The molecule has 2 rings (SSSR count). The molecule has 1 heteroatoms. The zero-order valence-corrected chi connectivity index (χ0v) is 8.59. The van der Waals surface area contributed by atoms with Crippen molar-refractivity contribution in [2.45, 2.75) is 32.6 Å². The van der Waals surface area contributed by atoms with Gasteiger partial charge in [-0.25, -0.2) is 0 Å². The number of rotatable bonds is 1. The van der Waals surface area contributed by atoms with E-state index in [1.54, 1.807) is 0 Å². The highest BCUT2D eigenvalue weighted by Gasteiger charge is 2.09. The lowest BCUT2D eigenvalue weighted by Gasteiger charge is -2.14. The first-order valence-corrected chi connectivity index (χ1v) is 5.26. The van der Waals surface area contributed by atoms with Crippen molar-refractivity contribution in [2.24, 2.45) is 0 Å². The number of hydrogen-bond acceptors (Lipinski definition) is 1. The molecule has 0 aromatic heterocycles. The standard InChI is InChI=1S/C13H16O/c1-10-7-8-12(13(14)9-10)11-5-3-2-4-6-11/h5,7-9,14H,2-4,6H2,1H3. The van der Waals surface area contributed by atoms with E-state index < -0.39 is 0 Å². The predicted octanol–water partition coefficient (Wildman–Crippen LogP) is 3.66. The van der Waals surface area contributed by atoms with Gasteiger partial charge in [-0.1, -0.05) is 18.2 Å². The van der Waals surface area contributed by atoms with Gasteiger partial charge >= 0.3 is 0 Å². The minimum atomic E-state index is 0.429. The van der Waals surface area contributed by atoms with Crippen LogP contribution < -0.4 is 0 Å². The summed E-state index contributed by atoms with van der Waals surface area (Å²) < 4.78 is 0. The van der Waals surface area contributed by atoms with E-state index in [2.05, 4.69) is 12.1 Å². The zero-order valence-electron chi connectivity index (χ0n) is 8.59. The molecule has 0 heterocycles. The number of aromatic hydroxyl groups is 1. The maximum atomic E-state index is 9.80. The molecule has 0 fully saturated rings. The summed E-state index contributed by atoms with van der Waals surface area (Å²) >= 11 is 0. The van der Waals surface area contributed by atoms with Gasteiger partial charge in [0, 0.05) is 5.56 Å². The van der Waals surface area contributed by atoms with Gasteiger partial charge in [0.15, 0.2) is 0 Å². The lowest BCUT2D eigenvalue weighted by molar-refractivity contribution is 0.472. The Hall–Kier alpha value is -1.24. The fourth-order valence-electron chi connectivity index (χ4n) is 2.00. The quantitative estimate of drug-likeness (QED) is 0.713. The van der Waals surface area contributed by atoms with Crippen molar-refractivity contribution >= 4 is 5.57 Å². The summed E-state index contributed by atoms with van der Waals surface area (Å²) in [6.45, 7) is 2.00. The molecule has 1 aromatic carbocycles. The SMILES string of the molecule is Cc1ccc(C2=CCCCC2)c(O)c1. The monoisotopic (exact) mass is 188 g/mol. The van der Waals surface area contributed by atoms with Gasteiger partial charge in [-0.05, 0) is 49.8 Å². The number of hydrogen-bond donors (Lipinski definition) is 1. The summed E-state index contributed by atoms with van der Waals surface area (Å²) in [5.74, 6) is 0.429. The molecule has 74 valence electrons. The van der Waals surface area contributed by atoms with E-state index in [0.29, 0.717) is 5.75 Å². The molecular weight excluding hydrogens is 172 g/mol. The van der Waals surface area contributed by atoms with Crippen LogP contribution in [-0.4, -0.2) is 5.11 Å². The topological polar surface area (TPSA) is 20.2 Å². The van der Waals surface area contributed by atoms with Crippen LogP contribution in [0, 0.1) is 6.92 Å². The second kappa shape index (κ2) is 3.87. The van der Waals surface area contributed by atoms with Crippen molar-refractivity contribution in [3.8, 4) is 5.75 Å². The fourth-order valence-corrected chi connectivity index (χ4v) is 2.00. The fraction of sp³-hybridized carbons (Fsp3) is 0.385. The first-order chi connectivity index (χ1) is 6.77. The molecule has 0 spiro atoms. The lowest BCUT2D eigenvalue weighted by Crippen LogP contribution is -1.92. The molecule has 0 saturated carbocycles. The number of aryl methyl sites for hydroxylation is 1. The predicted molar refractivity (Wildman–Crippen MR) is 59.3 cm³/mol. The summed E-state index contributed by atoms with van der Waals surface area (Å²) in [6, 6.07) is 5.93. The van der Waals surface area contributed by atoms with Crippen LogP contribution in [0.25, 0.3) is 5.57 Å². The van der Waals surface area contributed by atoms with Gasteiger partial charge in [0.1, 0.15) is 5.75 Å². The molecule has 0 aliphatic heterocycles. The first kappa shape index (κ1) is 9.32. The van der Waals surface area contributed by atoms with E-state index in [1.807, 2.05) is 19.1 Å². The molecule has 0 unspecified atom stereocenters. The van der Waals surface area contributed by atoms with Crippen molar-refractivity contribution in [2.75, 3.05) is 0 Å². The van der Waals surface area contributed by atoms with Crippen molar-refractivity contribution in [1.82, 2.24) is 0 Å². The van der Waals surface area contributed by atoms with Gasteiger partial charge in [-0.15, -0.1) is 0 Å². The third-order valence-corrected chi connectivity index (χ3v) is 2.79. The maximum Gasteiger partial charge on any atom is 0.123 e. The minimum Gasteiger partial charge on any atom is -0.507 e. The Morgan fingerprint density at radius 2 is 2.07 bits per heavy atom. The van der Waals surface area contributed by atoms with Gasteiger partial charge in [0.2, 0.25) is 0 Å². The van der Waals surface area contributed by atoms with Crippen LogP contribution in [0.3, 0.4) is 0 Å². The van der Waals surface area contributed by atoms with E-state index in [-0.39, 0.29) is 0 Å². The molecule has 0 bridgehead atoms. The second-order valence-electron chi connectivity index (χ2n) is 4.00. The molecular formula is C13H16O. The van der Waals surface area contributed by atoms with E-state index >= 15 is 0 Å². The summed E-state index contributed by atoms with van der Waals surface area (Å²) in [4.78, 5) is 0. The molecule has 1 aliphatic carbocycles. The average Bonchev–Trinajstić information content (AvgIpc) is 2.19. The number of benzene rings is 1. The Morgan fingerprint density at radius 1 is 1.21 bits per heavy atom. The summed E-state index contributed by atoms with van der Waals surface area (Å²) in [5.41, 5.74) is 3.45. The van der Waals surface area contributed by atoms with Crippen molar-refractivity contribution in [3.63, 3.8) is 0 Å². The normalized spacial score (nSPS) is 16.5. The van der Waals surface area contributed by atoms with Crippen LogP contribution in [0.2, 0.25) is 0 Å². The molecule has 14 heavy (non-hydrogen) atoms. The maximum absolute atomic E-state index is 9.80. The van der Waals surface area contributed by atoms with Crippen LogP contribution in [0.15, 0.2) is 24.3 Å². The Bertz CT molecular complexity index is 363. The Labute approximate surface area is 85.1 Å². The largest absolute Gasteiger partial charge is 0.507 e. The highest BCUT2D eigenvalue weighted by atomic mass is 16.3. The van der Waals surface area contributed by atoms with Crippen molar-refractivity contribution in [3.05, 3.63) is 35.4 Å². The summed E-state index contributed by atoms with van der Waals surface area (Å²) in [6.07, 6.45) is 7.06. The van der Waals surface area contributed by atoms with Crippen LogP contribution in [0.1, 0.15) is 36.8 Å². The summed E-state index contributed by atoms with van der Waals surface area (Å²) in [7, 11) is 0. The van der Waals surface area contributed by atoms with Gasteiger partial charge in [-0.2, -0.15) is 0 Å². The molecule has 0 radical (unpaired) electrons. The zero-order chi connectivity index (χ0) is 9.97. The minimum absolute atomic E-state index is 0.429. The third-order valence-electron chi connectivity index (χ3n) is 2.79. The van der Waals surface area contributed by atoms with Crippen LogP contribution in [-0.2, 0) is 0 Å². The number of phenolic OH excluding ortho intramolecular Hbond substituents is 1. The smallest absolute Gasteiger partial charge is 0.123 e. The number of allylic oxidation sites excluding steroid dienone is 2. The van der Waals surface area contributed by atoms with Gasteiger partial charge in [0.05, 0.1) is 0 Å². The second-order valence-corrected chi connectivity index (χ2v) is 4.00. The first-order valence-electron chi connectivity index (χ1n) is 5.26. The van der Waals surface area contributed by atoms with Gasteiger partial charge in [-0.3, -0.25) is 0 Å². The Balaban J connectivity index is 2.35.